The predicted octanol–water partition coefficient (Wildman–Crippen LogP) is 4.66. The number of carbonyl (C=O) groups is 1. The van der Waals surface area contributed by atoms with Crippen LogP contribution in [-0.2, 0) is 4.79 Å². The SMILES string of the molecule is CN(C(=O)COc1c(Cl)cccc1Cl)C1CCCCC1N1CCCC1.Cl. The molecule has 2 fully saturated rings. The predicted molar refractivity (Wildman–Crippen MR) is 109 cm³/mol. The van der Waals surface area contributed by atoms with Gasteiger partial charge in [0.1, 0.15) is 0 Å². The van der Waals surface area contributed by atoms with E-state index in [0.29, 0.717) is 21.8 Å². The number of benzene rings is 1. The second-order valence-corrected chi connectivity index (χ2v) is 7.82. The lowest BCUT2D eigenvalue weighted by molar-refractivity contribution is -0.136. The van der Waals surface area contributed by atoms with E-state index >= 15 is 0 Å². The normalized spacial score (nSPS) is 23.3. The summed E-state index contributed by atoms with van der Waals surface area (Å²) in [5.74, 6) is 0.361. The molecule has 4 nitrogen and oxygen atoms in total. The highest BCUT2D eigenvalue weighted by molar-refractivity contribution is 6.37. The zero-order valence-electron chi connectivity index (χ0n) is 15.1. The second-order valence-electron chi connectivity index (χ2n) is 7.01. The lowest BCUT2D eigenvalue weighted by atomic mass is 9.88. The molecule has 7 heteroatoms. The highest BCUT2D eigenvalue weighted by Crippen LogP contribution is 2.33. The minimum atomic E-state index is -0.0385. The van der Waals surface area contributed by atoms with Crippen LogP contribution in [0.25, 0.3) is 0 Å². The zero-order valence-corrected chi connectivity index (χ0v) is 17.5. The summed E-state index contributed by atoms with van der Waals surface area (Å²) < 4.78 is 5.63. The molecule has 1 aliphatic heterocycles. The summed E-state index contributed by atoms with van der Waals surface area (Å²) in [6.07, 6.45) is 7.23. The van der Waals surface area contributed by atoms with Gasteiger partial charge in [0, 0.05) is 19.1 Å². The largest absolute Gasteiger partial charge is 0.481 e. The first-order chi connectivity index (χ1) is 12.1. The average molecular weight is 422 g/mol. The number of hydrogen-bond acceptors (Lipinski definition) is 3. The molecule has 0 bridgehead atoms. The van der Waals surface area contributed by atoms with E-state index in [1.165, 1.54) is 32.1 Å². The maximum Gasteiger partial charge on any atom is 0.260 e. The van der Waals surface area contributed by atoms with E-state index in [-0.39, 0.29) is 31.0 Å². The van der Waals surface area contributed by atoms with Crippen LogP contribution in [0.1, 0.15) is 38.5 Å². The Morgan fingerprint density at radius 1 is 1.15 bits per heavy atom. The smallest absolute Gasteiger partial charge is 0.260 e. The van der Waals surface area contributed by atoms with Gasteiger partial charge in [-0.1, -0.05) is 42.1 Å². The van der Waals surface area contributed by atoms with E-state index < -0.39 is 0 Å². The number of nitrogens with zero attached hydrogens (tertiary/aromatic N) is 2. The van der Waals surface area contributed by atoms with Gasteiger partial charge in [0.25, 0.3) is 5.91 Å². The molecule has 1 aromatic carbocycles. The summed E-state index contributed by atoms with van der Waals surface area (Å²) in [6.45, 7) is 2.28. The van der Waals surface area contributed by atoms with Crippen molar-refractivity contribution in [3.05, 3.63) is 28.2 Å². The minimum Gasteiger partial charge on any atom is -0.481 e. The van der Waals surface area contributed by atoms with Gasteiger partial charge >= 0.3 is 0 Å². The Morgan fingerprint density at radius 3 is 2.42 bits per heavy atom. The summed E-state index contributed by atoms with van der Waals surface area (Å²) >= 11 is 12.2. The molecular weight excluding hydrogens is 395 g/mol. The Labute approximate surface area is 172 Å². The molecule has 26 heavy (non-hydrogen) atoms. The lowest BCUT2D eigenvalue weighted by Crippen LogP contribution is -2.54. The summed E-state index contributed by atoms with van der Waals surface area (Å²) in [5, 5.41) is 0.853. The first-order valence-electron chi connectivity index (χ1n) is 9.14. The Kier molecular flexibility index (Phi) is 8.34. The molecule has 1 heterocycles. The first-order valence-corrected chi connectivity index (χ1v) is 9.90. The highest BCUT2D eigenvalue weighted by Gasteiger charge is 2.35. The third-order valence-electron chi connectivity index (χ3n) is 5.45. The molecule has 0 spiro atoms. The van der Waals surface area contributed by atoms with Crippen molar-refractivity contribution in [2.24, 2.45) is 0 Å². The molecule has 1 aromatic rings. The molecule has 1 saturated carbocycles. The van der Waals surface area contributed by atoms with Crippen LogP contribution >= 0.6 is 35.6 Å². The van der Waals surface area contributed by atoms with Gasteiger partial charge in [0.05, 0.1) is 10.0 Å². The molecule has 2 unspecified atom stereocenters. The lowest BCUT2D eigenvalue weighted by Gasteiger charge is -2.42. The molecule has 2 aliphatic rings. The fraction of sp³-hybridized carbons (Fsp3) is 0.632. The molecule has 2 atom stereocenters. The number of halogens is 3. The third-order valence-corrected chi connectivity index (χ3v) is 6.05. The average Bonchev–Trinajstić information content (AvgIpc) is 3.15. The molecule has 3 rings (SSSR count). The van der Waals surface area contributed by atoms with Crippen LogP contribution in [0.3, 0.4) is 0 Å². The van der Waals surface area contributed by atoms with Crippen molar-refractivity contribution in [2.75, 3.05) is 26.7 Å². The monoisotopic (exact) mass is 420 g/mol. The molecule has 0 aromatic heterocycles. The molecule has 0 radical (unpaired) electrons. The Bertz CT molecular complexity index is 588. The first kappa shape index (κ1) is 21.6. The van der Waals surface area contributed by atoms with Gasteiger partial charge in [-0.05, 0) is 50.9 Å². The number of para-hydroxylation sites is 1. The number of ether oxygens (including phenoxy) is 1. The Hall–Kier alpha value is -0.680. The van der Waals surface area contributed by atoms with Gasteiger partial charge in [0.2, 0.25) is 0 Å². The van der Waals surface area contributed by atoms with Crippen molar-refractivity contribution in [2.45, 2.75) is 50.6 Å². The summed E-state index contributed by atoms with van der Waals surface area (Å²) in [7, 11) is 1.90. The number of amides is 1. The van der Waals surface area contributed by atoms with E-state index in [4.69, 9.17) is 27.9 Å². The summed E-state index contributed by atoms with van der Waals surface area (Å²) in [5.41, 5.74) is 0. The molecule has 0 N–H and O–H groups in total. The minimum absolute atomic E-state index is 0. The quantitative estimate of drug-likeness (QED) is 0.693. The van der Waals surface area contributed by atoms with E-state index in [1.807, 2.05) is 11.9 Å². The van der Waals surface area contributed by atoms with Crippen LogP contribution in [0.2, 0.25) is 10.0 Å². The standard InChI is InChI=1S/C19H26Cl2N2O2.ClH/c1-22(16-9-2-3-10-17(16)23-11-4-5-12-23)18(24)13-25-19-14(20)7-6-8-15(19)21;/h6-8,16-17H,2-5,9-13H2,1H3;1H. The van der Waals surface area contributed by atoms with Crippen molar-refractivity contribution >= 4 is 41.5 Å². The zero-order chi connectivity index (χ0) is 17.8. The van der Waals surface area contributed by atoms with E-state index in [2.05, 4.69) is 4.90 Å². The van der Waals surface area contributed by atoms with Gasteiger partial charge in [-0.25, -0.2) is 0 Å². The van der Waals surface area contributed by atoms with Crippen molar-refractivity contribution in [3.8, 4) is 5.75 Å². The van der Waals surface area contributed by atoms with Crippen LogP contribution < -0.4 is 4.74 Å². The van der Waals surface area contributed by atoms with Crippen LogP contribution in [0.5, 0.6) is 5.75 Å². The number of hydrogen-bond donors (Lipinski definition) is 0. The van der Waals surface area contributed by atoms with Crippen molar-refractivity contribution in [1.82, 2.24) is 9.80 Å². The van der Waals surface area contributed by atoms with Crippen molar-refractivity contribution in [3.63, 3.8) is 0 Å². The third kappa shape index (κ3) is 4.98. The van der Waals surface area contributed by atoms with Gasteiger partial charge < -0.3 is 9.64 Å². The van der Waals surface area contributed by atoms with E-state index in [9.17, 15) is 4.79 Å². The molecule has 1 amide bonds. The van der Waals surface area contributed by atoms with Crippen LogP contribution in [0.15, 0.2) is 18.2 Å². The second kappa shape index (κ2) is 10.0. The topological polar surface area (TPSA) is 32.8 Å². The fourth-order valence-electron chi connectivity index (χ4n) is 4.08. The van der Waals surface area contributed by atoms with Crippen molar-refractivity contribution in [1.29, 1.82) is 0 Å². The maximum atomic E-state index is 12.7. The Morgan fingerprint density at radius 2 is 1.77 bits per heavy atom. The molecule has 1 saturated heterocycles. The van der Waals surface area contributed by atoms with Gasteiger partial charge in [-0.15, -0.1) is 12.4 Å². The molecule has 1 aliphatic carbocycles. The maximum absolute atomic E-state index is 12.7. The van der Waals surface area contributed by atoms with E-state index in [1.54, 1.807) is 18.2 Å². The van der Waals surface area contributed by atoms with Crippen LogP contribution in [-0.4, -0.2) is 54.5 Å². The fourth-order valence-corrected chi connectivity index (χ4v) is 4.59. The highest BCUT2D eigenvalue weighted by atomic mass is 35.5. The van der Waals surface area contributed by atoms with Crippen LogP contribution in [0, 0.1) is 0 Å². The van der Waals surface area contributed by atoms with E-state index in [0.717, 1.165) is 19.5 Å². The number of carbonyl (C=O) groups excluding carboxylic acids is 1. The van der Waals surface area contributed by atoms with Gasteiger partial charge in [-0.3, -0.25) is 9.69 Å². The summed E-state index contributed by atoms with van der Waals surface area (Å²) in [4.78, 5) is 17.1. The molecule has 146 valence electrons. The van der Waals surface area contributed by atoms with Crippen LogP contribution in [0.4, 0.5) is 0 Å². The summed E-state index contributed by atoms with van der Waals surface area (Å²) in [6, 6.07) is 5.93. The van der Waals surface area contributed by atoms with Gasteiger partial charge in [-0.2, -0.15) is 0 Å². The number of likely N-dealkylation sites (tertiary alicyclic amines) is 1. The van der Waals surface area contributed by atoms with Crippen molar-refractivity contribution < 1.29 is 9.53 Å². The van der Waals surface area contributed by atoms with Gasteiger partial charge in [0.15, 0.2) is 12.4 Å². The molecular formula is C19H27Cl3N2O2. The number of rotatable bonds is 5. The number of likely N-dealkylation sites (N-methyl/N-ethyl adjacent to an activating group) is 1. The Balaban J connectivity index is 0.00000243.